The second-order valence-electron chi connectivity index (χ2n) is 5.14. The third-order valence-electron chi connectivity index (χ3n) is 3.58. The van der Waals surface area contributed by atoms with Crippen LogP contribution in [0.2, 0.25) is 0 Å². The van der Waals surface area contributed by atoms with Gasteiger partial charge >= 0.3 is 0 Å². The van der Waals surface area contributed by atoms with Crippen LogP contribution >= 0.6 is 0 Å². The van der Waals surface area contributed by atoms with Crippen molar-refractivity contribution >= 4 is 22.7 Å². The summed E-state index contributed by atoms with van der Waals surface area (Å²) in [6.45, 7) is 3.20. The molecule has 2 heterocycles. The number of hydrogen-bond acceptors (Lipinski definition) is 4. The Morgan fingerprint density at radius 2 is 2.37 bits per heavy atom. The molecule has 1 aliphatic heterocycles. The molecule has 1 fully saturated rings. The summed E-state index contributed by atoms with van der Waals surface area (Å²) < 4.78 is 5.65. The van der Waals surface area contributed by atoms with E-state index in [2.05, 4.69) is 4.98 Å². The lowest BCUT2D eigenvalue weighted by atomic mass is 9.99. The molecule has 1 unspecified atom stereocenters. The van der Waals surface area contributed by atoms with Crippen LogP contribution in [0.4, 0.5) is 5.69 Å². The normalized spacial score (nSPS) is 20.2. The molecule has 2 N–H and O–H groups in total. The van der Waals surface area contributed by atoms with Crippen molar-refractivity contribution in [3.05, 3.63) is 24.1 Å². The number of nitrogens with two attached hydrogens (primary N) is 1. The van der Waals surface area contributed by atoms with Gasteiger partial charge in [0.2, 0.25) is 11.8 Å². The number of amides is 1. The highest BCUT2D eigenvalue weighted by Crippen LogP contribution is 2.22. The van der Waals surface area contributed by atoms with E-state index in [0.29, 0.717) is 23.7 Å². The van der Waals surface area contributed by atoms with Crippen molar-refractivity contribution in [3.63, 3.8) is 0 Å². The summed E-state index contributed by atoms with van der Waals surface area (Å²) in [5.41, 5.74) is 7.81. The van der Waals surface area contributed by atoms with E-state index in [1.54, 1.807) is 12.1 Å². The predicted molar refractivity (Wildman–Crippen MR) is 72.2 cm³/mol. The zero-order chi connectivity index (χ0) is 13.4. The molecule has 0 spiro atoms. The molecule has 0 bridgehead atoms. The van der Waals surface area contributed by atoms with Gasteiger partial charge in [-0.1, -0.05) is 6.92 Å². The van der Waals surface area contributed by atoms with E-state index in [0.717, 1.165) is 24.9 Å². The number of likely N-dealkylation sites (tertiary alicyclic amines) is 1. The highest BCUT2D eigenvalue weighted by molar-refractivity contribution is 5.79. The average molecular weight is 259 g/mol. The molecule has 3 rings (SSSR count). The first kappa shape index (κ1) is 12.0. The van der Waals surface area contributed by atoms with Gasteiger partial charge in [-0.3, -0.25) is 4.79 Å². The Morgan fingerprint density at radius 3 is 3.21 bits per heavy atom. The molecule has 1 amide bonds. The fourth-order valence-electron chi connectivity index (χ4n) is 2.51. The van der Waals surface area contributed by atoms with Gasteiger partial charge in [0.15, 0.2) is 5.58 Å². The second kappa shape index (κ2) is 4.57. The minimum absolute atomic E-state index is 0.105. The Morgan fingerprint density at radius 1 is 1.53 bits per heavy atom. The zero-order valence-electron chi connectivity index (χ0n) is 10.9. The maximum atomic E-state index is 12.0. The molecule has 1 aromatic heterocycles. The highest BCUT2D eigenvalue weighted by atomic mass is 16.3. The molecule has 5 heteroatoms. The van der Waals surface area contributed by atoms with Crippen molar-refractivity contribution < 1.29 is 9.21 Å². The van der Waals surface area contributed by atoms with Gasteiger partial charge in [-0.2, -0.15) is 0 Å². The monoisotopic (exact) mass is 259 g/mol. The topological polar surface area (TPSA) is 72.4 Å². The van der Waals surface area contributed by atoms with Crippen molar-refractivity contribution in [2.75, 3.05) is 12.3 Å². The number of anilines is 1. The van der Waals surface area contributed by atoms with Crippen molar-refractivity contribution in [2.45, 2.75) is 26.3 Å². The molecule has 1 aromatic carbocycles. The minimum atomic E-state index is 0.105. The number of hydrogen-bond donors (Lipinski definition) is 1. The Bertz CT molecular complexity index is 620. The van der Waals surface area contributed by atoms with E-state index in [1.165, 1.54) is 0 Å². The van der Waals surface area contributed by atoms with Crippen LogP contribution in [0.15, 0.2) is 22.6 Å². The molecule has 1 atom stereocenters. The van der Waals surface area contributed by atoms with E-state index >= 15 is 0 Å². The number of carbonyl (C=O) groups excluding carboxylic acids is 1. The number of rotatable bonds is 2. The Labute approximate surface area is 111 Å². The maximum absolute atomic E-state index is 12.0. The van der Waals surface area contributed by atoms with Crippen molar-refractivity contribution in [3.8, 4) is 0 Å². The summed E-state index contributed by atoms with van der Waals surface area (Å²) in [6.07, 6.45) is 2.01. The fraction of sp³-hybridized carbons (Fsp3) is 0.429. The lowest BCUT2D eigenvalue weighted by Crippen LogP contribution is -2.39. The largest absolute Gasteiger partial charge is 0.439 e. The van der Waals surface area contributed by atoms with Crippen LogP contribution < -0.4 is 5.73 Å². The first-order valence-corrected chi connectivity index (χ1v) is 6.57. The van der Waals surface area contributed by atoms with E-state index in [4.69, 9.17) is 10.2 Å². The van der Waals surface area contributed by atoms with E-state index in [9.17, 15) is 4.79 Å². The Hall–Kier alpha value is -2.04. The van der Waals surface area contributed by atoms with Crippen molar-refractivity contribution in [1.29, 1.82) is 0 Å². The first-order valence-electron chi connectivity index (χ1n) is 6.57. The maximum Gasteiger partial charge on any atom is 0.225 e. The first-order chi connectivity index (χ1) is 9.13. The number of aromatic nitrogens is 1. The predicted octanol–water partition coefficient (Wildman–Crippen LogP) is 2.17. The fourth-order valence-corrected chi connectivity index (χ4v) is 2.51. The van der Waals surface area contributed by atoms with Gasteiger partial charge < -0.3 is 15.1 Å². The molecule has 0 saturated carbocycles. The molecule has 100 valence electrons. The van der Waals surface area contributed by atoms with Gasteiger partial charge in [-0.25, -0.2) is 4.98 Å². The molecule has 1 saturated heterocycles. The molecular weight excluding hydrogens is 242 g/mol. The summed E-state index contributed by atoms with van der Waals surface area (Å²) in [5.74, 6) is 0.866. The number of carbonyl (C=O) groups is 1. The van der Waals surface area contributed by atoms with E-state index < -0.39 is 0 Å². The van der Waals surface area contributed by atoms with Crippen LogP contribution in [0.5, 0.6) is 0 Å². The average Bonchev–Trinajstić information content (AvgIpc) is 2.76. The molecule has 1 aliphatic rings. The van der Waals surface area contributed by atoms with Gasteiger partial charge in [0.25, 0.3) is 0 Å². The third kappa shape index (κ3) is 2.28. The Balaban J connectivity index is 1.83. The quantitative estimate of drug-likeness (QED) is 0.839. The lowest BCUT2D eigenvalue weighted by Gasteiger charge is -2.29. The van der Waals surface area contributed by atoms with Crippen LogP contribution in [0.25, 0.3) is 11.1 Å². The zero-order valence-corrected chi connectivity index (χ0v) is 10.9. The van der Waals surface area contributed by atoms with Gasteiger partial charge in [-0.05, 0) is 25.0 Å². The van der Waals surface area contributed by atoms with Gasteiger partial charge in [0, 0.05) is 24.2 Å². The summed E-state index contributed by atoms with van der Waals surface area (Å²) in [7, 11) is 0. The molecule has 19 heavy (non-hydrogen) atoms. The molecule has 5 nitrogen and oxygen atoms in total. The number of benzene rings is 1. The second-order valence-corrected chi connectivity index (χ2v) is 5.14. The summed E-state index contributed by atoms with van der Waals surface area (Å²) in [4.78, 5) is 18.2. The highest BCUT2D eigenvalue weighted by Gasteiger charge is 2.26. The number of fused-ring (bicyclic) bond motifs is 1. The van der Waals surface area contributed by atoms with Gasteiger partial charge in [0.1, 0.15) is 5.52 Å². The van der Waals surface area contributed by atoms with Crippen LogP contribution in [0, 0.1) is 5.92 Å². The number of piperidine rings is 1. The molecule has 0 radical (unpaired) electrons. The third-order valence-corrected chi connectivity index (χ3v) is 3.58. The van der Waals surface area contributed by atoms with Crippen LogP contribution in [-0.2, 0) is 11.3 Å². The van der Waals surface area contributed by atoms with E-state index in [1.807, 2.05) is 17.9 Å². The van der Waals surface area contributed by atoms with Gasteiger partial charge in [0.05, 0.1) is 6.54 Å². The lowest BCUT2D eigenvalue weighted by molar-refractivity contribution is -0.138. The molecular formula is C14H17N3O2. The molecule has 0 aliphatic carbocycles. The summed E-state index contributed by atoms with van der Waals surface area (Å²) in [5, 5.41) is 0. The van der Waals surface area contributed by atoms with E-state index in [-0.39, 0.29) is 11.8 Å². The van der Waals surface area contributed by atoms with Crippen LogP contribution in [0.1, 0.15) is 25.7 Å². The van der Waals surface area contributed by atoms with Crippen molar-refractivity contribution in [1.82, 2.24) is 9.88 Å². The minimum Gasteiger partial charge on any atom is -0.439 e. The SMILES string of the molecule is CC1CCCN(Cc2nc3ccc(N)cc3o2)C1=O. The summed E-state index contributed by atoms with van der Waals surface area (Å²) >= 11 is 0. The standard InChI is InChI=1S/C14H17N3O2/c1-9-3-2-6-17(14(9)18)8-13-16-11-5-4-10(15)7-12(11)19-13/h4-5,7,9H,2-3,6,8,15H2,1H3. The number of nitrogens with zero attached hydrogens (tertiary/aromatic N) is 2. The van der Waals surface area contributed by atoms with Crippen molar-refractivity contribution in [2.24, 2.45) is 5.92 Å². The summed E-state index contributed by atoms with van der Waals surface area (Å²) in [6, 6.07) is 5.38. The number of nitrogen functional groups attached to an aromatic ring is 1. The number of oxazole rings is 1. The Kier molecular flexibility index (Phi) is 2.89. The van der Waals surface area contributed by atoms with Crippen LogP contribution in [0.3, 0.4) is 0 Å². The van der Waals surface area contributed by atoms with Crippen LogP contribution in [-0.4, -0.2) is 22.3 Å². The van der Waals surface area contributed by atoms with Gasteiger partial charge in [-0.15, -0.1) is 0 Å². The smallest absolute Gasteiger partial charge is 0.225 e. The molecule has 2 aromatic rings.